The third-order valence-corrected chi connectivity index (χ3v) is 4.09. The number of nitrogens with zero attached hydrogens (tertiary/aromatic N) is 1. The molecule has 1 aliphatic carbocycles. The molecular weight excluding hydrogens is 272 g/mol. The smallest absolute Gasteiger partial charge is 0.317 e. The van der Waals surface area contributed by atoms with E-state index >= 15 is 0 Å². The van der Waals surface area contributed by atoms with Gasteiger partial charge in [-0.2, -0.15) is 0 Å². The van der Waals surface area contributed by atoms with Crippen LogP contribution in [0.15, 0.2) is 0 Å². The van der Waals surface area contributed by atoms with Crippen molar-refractivity contribution in [3.05, 3.63) is 0 Å². The molecule has 0 bridgehead atoms. The summed E-state index contributed by atoms with van der Waals surface area (Å²) >= 11 is 0. The van der Waals surface area contributed by atoms with Gasteiger partial charge in [-0.05, 0) is 47.0 Å². The molecule has 6 heteroatoms. The molecule has 0 radical (unpaired) electrons. The highest BCUT2D eigenvalue weighted by Gasteiger charge is 2.41. The highest BCUT2D eigenvalue weighted by atomic mass is 16.5. The molecule has 2 aliphatic rings. The number of carboxylic acid groups (broad SMARTS) is 1. The number of hydrogen-bond acceptors (Lipinski definition) is 3. The van der Waals surface area contributed by atoms with E-state index in [9.17, 15) is 9.59 Å². The zero-order valence-corrected chi connectivity index (χ0v) is 13.3. The predicted octanol–water partition coefficient (Wildman–Crippen LogP) is 1.84. The standard InChI is InChI=1S/C15H26N2O4/c1-14(2)8-17(9-15(3,4)21-14)13(20)16-11-6-5-10(7-11)12(18)19/h10-11H,5-9H2,1-4H3,(H,16,20)(H,18,19)/t10-,11+/m1/s1. The second-order valence-electron chi connectivity index (χ2n) is 7.47. The average molecular weight is 298 g/mol. The van der Waals surface area contributed by atoms with Crippen molar-refractivity contribution in [3.63, 3.8) is 0 Å². The first-order chi connectivity index (χ1) is 9.58. The number of carboxylic acids is 1. The van der Waals surface area contributed by atoms with E-state index in [0.717, 1.165) is 6.42 Å². The van der Waals surface area contributed by atoms with E-state index in [1.54, 1.807) is 4.90 Å². The summed E-state index contributed by atoms with van der Waals surface area (Å²) in [6.07, 6.45) is 1.90. The van der Waals surface area contributed by atoms with Gasteiger partial charge in [0.05, 0.1) is 30.2 Å². The summed E-state index contributed by atoms with van der Waals surface area (Å²) in [6.45, 7) is 8.98. The molecule has 1 heterocycles. The Kier molecular flexibility index (Phi) is 4.19. The summed E-state index contributed by atoms with van der Waals surface area (Å²) in [5.41, 5.74) is -0.753. The molecule has 0 aromatic rings. The zero-order chi connectivity index (χ0) is 15.8. The van der Waals surface area contributed by atoms with Gasteiger partial charge in [0.2, 0.25) is 0 Å². The number of amides is 2. The second kappa shape index (κ2) is 5.48. The van der Waals surface area contributed by atoms with Crippen LogP contribution in [-0.4, -0.2) is 52.3 Å². The lowest BCUT2D eigenvalue weighted by Crippen LogP contribution is -2.61. The normalized spacial score (nSPS) is 31.0. The molecule has 0 aromatic carbocycles. The molecule has 1 saturated heterocycles. The molecule has 2 N–H and O–H groups in total. The van der Waals surface area contributed by atoms with Crippen LogP contribution in [0, 0.1) is 5.92 Å². The van der Waals surface area contributed by atoms with Gasteiger partial charge in [0, 0.05) is 6.04 Å². The van der Waals surface area contributed by atoms with E-state index in [1.165, 1.54) is 0 Å². The van der Waals surface area contributed by atoms with E-state index in [4.69, 9.17) is 9.84 Å². The number of urea groups is 1. The van der Waals surface area contributed by atoms with Gasteiger partial charge < -0.3 is 20.1 Å². The highest BCUT2D eigenvalue weighted by Crippen LogP contribution is 2.29. The first-order valence-electron chi connectivity index (χ1n) is 7.56. The van der Waals surface area contributed by atoms with Crippen LogP contribution >= 0.6 is 0 Å². The average Bonchev–Trinajstić information content (AvgIpc) is 2.73. The molecule has 0 aromatic heterocycles. The number of rotatable bonds is 2. The van der Waals surface area contributed by atoms with Gasteiger partial charge in [-0.3, -0.25) is 4.79 Å². The lowest BCUT2D eigenvalue weighted by molar-refractivity contribution is -0.170. The lowest BCUT2D eigenvalue weighted by Gasteiger charge is -2.47. The van der Waals surface area contributed by atoms with E-state index < -0.39 is 5.97 Å². The highest BCUT2D eigenvalue weighted by molar-refractivity contribution is 5.75. The fraction of sp³-hybridized carbons (Fsp3) is 0.867. The monoisotopic (exact) mass is 298 g/mol. The number of nitrogens with one attached hydrogen (secondary N) is 1. The summed E-state index contributed by atoms with van der Waals surface area (Å²) in [4.78, 5) is 25.2. The largest absolute Gasteiger partial charge is 0.481 e. The fourth-order valence-corrected chi connectivity index (χ4v) is 3.53. The van der Waals surface area contributed by atoms with Crippen LogP contribution in [0.2, 0.25) is 0 Å². The van der Waals surface area contributed by atoms with Crippen LogP contribution in [0.25, 0.3) is 0 Å². The van der Waals surface area contributed by atoms with Gasteiger partial charge in [0.15, 0.2) is 0 Å². The van der Waals surface area contributed by atoms with Crippen molar-refractivity contribution >= 4 is 12.0 Å². The maximum absolute atomic E-state index is 12.4. The minimum absolute atomic E-state index is 0.0346. The van der Waals surface area contributed by atoms with Crippen molar-refractivity contribution in [1.29, 1.82) is 0 Å². The van der Waals surface area contributed by atoms with E-state index in [2.05, 4.69) is 5.32 Å². The fourth-order valence-electron chi connectivity index (χ4n) is 3.53. The Balaban J connectivity index is 1.93. The van der Waals surface area contributed by atoms with Crippen molar-refractivity contribution in [2.45, 2.75) is 64.2 Å². The van der Waals surface area contributed by atoms with Crippen LogP contribution in [0.1, 0.15) is 47.0 Å². The van der Waals surface area contributed by atoms with Crippen molar-refractivity contribution in [1.82, 2.24) is 10.2 Å². The predicted molar refractivity (Wildman–Crippen MR) is 78.1 cm³/mol. The zero-order valence-electron chi connectivity index (χ0n) is 13.3. The number of carbonyl (C=O) groups excluding carboxylic acids is 1. The molecule has 2 atom stereocenters. The maximum atomic E-state index is 12.4. The molecule has 1 aliphatic heterocycles. The van der Waals surface area contributed by atoms with Crippen molar-refractivity contribution in [2.75, 3.05) is 13.1 Å². The Morgan fingerprint density at radius 3 is 2.19 bits per heavy atom. The minimum Gasteiger partial charge on any atom is -0.481 e. The van der Waals surface area contributed by atoms with Gasteiger partial charge in [-0.15, -0.1) is 0 Å². The topological polar surface area (TPSA) is 78.9 Å². The maximum Gasteiger partial charge on any atom is 0.317 e. The van der Waals surface area contributed by atoms with Crippen LogP contribution in [0.4, 0.5) is 4.79 Å². The number of aliphatic carboxylic acids is 1. The summed E-state index contributed by atoms with van der Waals surface area (Å²) in [6, 6.07) is -0.150. The number of ether oxygens (including phenoxy) is 1. The van der Waals surface area contributed by atoms with Crippen molar-refractivity contribution < 1.29 is 19.4 Å². The summed E-state index contributed by atoms with van der Waals surface area (Å²) < 4.78 is 5.96. The molecule has 1 saturated carbocycles. The van der Waals surface area contributed by atoms with Gasteiger partial charge in [-0.25, -0.2) is 4.79 Å². The quantitative estimate of drug-likeness (QED) is 0.815. The van der Waals surface area contributed by atoms with Gasteiger partial charge in [0.25, 0.3) is 0 Å². The molecule has 0 unspecified atom stereocenters. The van der Waals surface area contributed by atoms with Crippen molar-refractivity contribution in [2.24, 2.45) is 5.92 Å². The van der Waals surface area contributed by atoms with Crippen LogP contribution in [0.5, 0.6) is 0 Å². The number of carbonyl (C=O) groups is 2. The summed E-state index contributed by atoms with van der Waals surface area (Å²) in [5, 5.41) is 12.0. The van der Waals surface area contributed by atoms with E-state index in [-0.39, 0.29) is 29.2 Å². The van der Waals surface area contributed by atoms with E-state index in [0.29, 0.717) is 25.9 Å². The third kappa shape index (κ3) is 4.09. The van der Waals surface area contributed by atoms with Crippen molar-refractivity contribution in [3.8, 4) is 0 Å². The first kappa shape index (κ1) is 16.1. The third-order valence-electron chi connectivity index (χ3n) is 4.09. The molecule has 21 heavy (non-hydrogen) atoms. The van der Waals surface area contributed by atoms with Gasteiger partial charge in [-0.1, -0.05) is 0 Å². The summed E-state index contributed by atoms with van der Waals surface area (Å²) in [5.74, 6) is -1.09. The molecule has 2 amide bonds. The summed E-state index contributed by atoms with van der Waals surface area (Å²) in [7, 11) is 0. The Labute approximate surface area is 125 Å². The second-order valence-corrected chi connectivity index (χ2v) is 7.47. The first-order valence-corrected chi connectivity index (χ1v) is 7.56. The number of hydrogen-bond donors (Lipinski definition) is 2. The minimum atomic E-state index is -0.764. The Morgan fingerprint density at radius 1 is 1.14 bits per heavy atom. The molecule has 6 nitrogen and oxygen atoms in total. The molecule has 120 valence electrons. The number of morpholine rings is 1. The van der Waals surface area contributed by atoms with E-state index in [1.807, 2.05) is 27.7 Å². The molecule has 0 spiro atoms. The van der Waals surface area contributed by atoms with Gasteiger partial charge in [0.1, 0.15) is 0 Å². The molecule has 2 rings (SSSR count). The molecular formula is C15H26N2O4. The van der Waals surface area contributed by atoms with Gasteiger partial charge >= 0.3 is 12.0 Å². The Hall–Kier alpha value is -1.30. The SMILES string of the molecule is CC1(C)CN(C(=O)N[C@H]2CC[C@@H](C(=O)O)C2)CC(C)(C)O1. The lowest BCUT2D eigenvalue weighted by atomic mass is 9.99. The Morgan fingerprint density at radius 2 is 1.71 bits per heavy atom. The van der Waals surface area contributed by atoms with Crippen LogP contribution < -0.4 is 5.32 Å². The Bertz CT molecular complexity index is 417. The van der Waals surface area contributed by atoms with Crippen LogP contribution in [-0.2, 0) is 9.53 Å². The van der Waals surface area contributed by atoms with Crippen LogP contribution in [0.3, 0.4) is 0 Å². The molecule has 2 fully saturated rings.